The SMILES string of the molecule is O=C(NC1CCOCC1)c1cnc2n1CC(c1cccc(C(F)(F)F)c1)CC2. The monoisotopic (exact) mass is 393 g/mol. The van der Waals surface area contributed by atoms with E-state index < -0.39 is 11.7 Å². The number of benzene rings is 1. The van der Waals surface area contributed by atoms with Gasteiger partial charge in [0.2, 0.25) is 0 Å². The van der Waals surface area contributed by atoms with Crippen LogP contribution in [0.1, 0.15) is 52.6 Å². The van der Waals surface area contributed by atoms with Crippen LogP contribution in [0, 0.1) is 0 Å². The molecule has 3 heterocycles. The summed E-state index contributed by atoms with van der Waals surface area (Å²) < 4.78 is 46.3. The minimum Gasteiger partial charge on any atom is -0.381 e. The molecule has 28 heavy (non-hydrogen) atoms. The molecule has 0 saturated carbocycles. The molecular formula is C20H22F3N3O2. The van der Waals surface area contributed by atoms with Crippen molar-refractivity contribution in [3.63, 3.8) is 0 Å². The van der Waals surface area contributed by atoms with Gasteiger partial charge in [-0.15, -0.1) is 0 Å². The first-order valence-electron chi connectivity index (χ1n) is 9.52. The Morgan fingerprint density at radius 3 is 2.75 bits per heavy atom. The number of carbonyl (C=O) groups excluding carboxylic acids is 1. The number of aryl methyl sites for hydroxylation is 1. The van der Waals surface area contributed by atoms with Crippen molar-refractivity contribution < 1.29 is 22.7 Å². The van der Waals surface area contributed by atoms with Crippen LogP contribution in [0.15, 0.2) is 30.5 Å². The Labute approximate surface area is 160 Å². The first-order chi connectivity index (χ1) is 13.4. The fraction of sp³-hybridized carbons (Fsp3) is 0.500. The van der Waals surface area contributed by atoms with Gasteiger partial charge in [0.05, 0.1) is 11.8 Å². The number of aromatic nitrogens is 2. The molecule has 1 aromatic heterocycles. The zero-order valence-electron chi connectivity index (χ0n) is 15.3. The maximum atomic E-state index is 13.0. The highest BCUT2D eigenvalue weighted by molar-refractivity contribution is 5.92. The molecule has 0 spiro atoms. The normalized spacial score (nSPS) is 20.6. The minimum absolute atomic E-state index is 0.0789. The van der Waals surface area contributed by atoms with E-state index in [9.17, 15) is 18.0 Å². The Bertz CT molecular complexity index is 857. The molecule has 4 rings (SSSR count). The maximum absolute atomic E-state index is 13.0. The van der Waals surface area contributed by atoms with Gasteiger partial charge in [0.15, 0.2) is 0 Å². The lowest BCUT2D eigenvalue weighted by molar-refractivity contribution is -0.137. The number of amides is 1. The van der Waals surface area contributed by atoms with Gasteiger partial charge in [0, 0.05) is 38.1 Å². The third kappa shape index (κ3) is 3.92. The van der Waals surface area contributed by atoms with E-state index in [0.717, 1.165) is 24.7 Å². The van der Waals surface area contributed by atoms with Crippen LogP contribution >= 0.6 is 0 Å². The molecule has 2 aliphatic rings. The molecule has 1 atom stereocenters. The van der Waals surface area contributed by atoms with Crippen molar-refractivity contribution in [2.45, 2.75) is 50.4 Å². The second-order valence-corrected chi connectivity index (χ2v) is 7.39. The van der Waals surface area contributed by atoms with E-state index >= 15 is 0 Å². The summed E-state index contributed by atoms with van der Waals surface area (Å²) in [5.41, 5.74) is 0.474. The van der Waals surface area contributed by atoms with Gasteiger partial charge < -0.3 is 14.6 Å². The van der Waals surface area contributed by atoms with Crippen molar-refractivity contribution in [2.24, 2.45) is 0 Å². The lowest BCUT2D eigenvalue weighted by Crippen LogP contribution is -2.40. The zero-order chi connectivity index (χ0) is 19.7. The van der Waals surface area contributed by atoms with E-state index in [4.69, 9.17) is 4.74 Å². The molecular weight excluding hydrogens is 371 g/mol. The molecule has 1 amide bonds. The first kappa shape index (κ1) is 19.0. The van der Waals surface area contributed by atoms with Crippen LogP contribution in [0.5, 0.6) is 0 Å². The number of rotatable bonds is 3. The second kappa shape index (κ2) is 7.58. The number of fused-ring (bicyclic) bond motifs is 1. The summed E-state index contributed by atoms with van der Waals surface area (Å²) >= 11 is 0. The number of alkyl halides is 3. The second-order valence-electron chi connectivity index (χ2n) is 7.39. The van der Waals surface area contributed by atoms with Crippen molar-refractivity contribution in [1.29, 1.82) is 0 Å². The third-order valence-electron chi connectivity index (χ3n) is 5.53. The fourth-order valence-corrected chi connectivity index (χ4v) is 3.96. The summed E-state index contributed by atoms with van der Waals surface area (Å²) in [6.07, 6.45) is 0.0993. The number of hydrogen-bond donors (Lipinski definition) is 1. The third-order valence-corrected chi connectivity index (χ3v) is 5.53. The first-order valence-corrected chi connectivity index (χ1v) is 9.52. The predicted octanol–water partition coefficient (Wildman–Crippen LogP) is 3.54. The Kier molecular flexibility index (Phi) is 5.14. The minimum atomic E-state index is -4.36. The summed E-state index contributed by atoms with van der Waals surface area (Å²) in [5.74, 6) is 0.536. The Morgan fingerprint density at radius 2 is 2.00 bits per heavy atom. The summed E-state index contributed by atoms with van der Waals surface area (Å²) in [7, 11) is 0. The molecule has 1 fully saturated rings. The largest absolute Gasteiger partial charge is 0.416 e. The van der Waals surface area contributed by atoms with E-state index in [-0.39, 0.29) is 17.9 Å². The zero-order valence-corrected chi connectivity index (χ0v) is 15.3. The van der Waals surface area contributed by atoms with E-state index in [1.807, 2.05) is 4.57 Å². The highest BCUT2D eigenvalue weighted by atomic mass is 19.4. The number of imidazole rings is 1. The lowest BCUT2D eigenvalue weighted by atomic mass is 9.90. The van der Waals surface area contributed by atoms with Gasteiger partial charge in [-0.25, -0.2) is 4.98 Å². The van der Waals surface area contributed by atoms with Crippen molar-refractivity contribution in [1.82, 2.24) is 14.9 Å². The van der Waals surface area contributed by atoms with E-state index in [0.29, 0.717) is 43.9 Å². The van der Waals surface area contributed by atoms with Crippen LogP contribution < -0.4 is 5.32 Å². The molecule has 1 aromatic carbocycles. The number of hydrogen-bond acceptors (Lipinski definition) is 3. The summed E-state index contributed by atoms with van der Waals surface area (Å²) in [4.78, 5) is 17.1. The van der Waals surface area contributed by atoms with Gasteiger partial charge in [0.1, 0.15) is 11.5 Å². The van der Waals surface area contributed by atoms with Gasteiger partial charge >= 0.3 is 6.18 Å². The predicted molar refractivity (Wildman–Crippen MR) is 96.0 cm³/mol. The average Bonchev–Trinajstić information content (AvgIpc) is 3.11. The number of halogens is 3. The Morgan fingerprint density at radius 1 is 1.21 bits per heavy atom. The maximum Gasteiger partial charge on any atom is 0.416 e. The molecule has 1 N–H and O–H groups in total. The number of carbonyl (C=O) groups is 1. The van der Waals surface area contributed by atoms with Crippen LogP contribution in [-0.2, 0) is 23.9 Å². The lowest BCUT2D eigenvalue weighted by Gasteiger charge is -2.27. The topological polar surface area (TPSA) is 56.1 Å². The van der Waals surface area contributed by atoms with Crippen molar-refractivity contribution >= 4 is 5.91 Å². The fourth-order valence-electron chi connectivity index (χ4n) is 3.96. The molecule has 1 unspecified atom stereocenters. The van der Waals surface area contributed by atoms with Crippen LogP contribution in [0.3, 0.4) is 0 Å². The number of ether oxygens (including phenoxy) is 1. The molecule has 5 nitrogen and oxygen atoms in total. The highest BCUT2D eigenvalue weighted by Gasteiger charge is 2.32. The van der Waals surface area contributed by atoms with Crippen molar-refractivity contribution in [3.05, 3.63) is 53.1 Å². The van der Waals surface area contributed by atoms with E-state index in [1.54, 1.807) is 12.3 Å². The summed E-state index contributed by atoms with van der Waals surface area (Å²) in [6, 6.07) is 5.55. The quantitative estimate of drug-likeness (QED) is 0.868. The smallest absolute Gasteiger partial charge is 0.381 e. The molecule has 0 radical (unpaired) electrons. The van der Waals surface area contributed by atoms with Crippen LogP contribution in [0.2, 0.25) is 0 Å². The summed E-state index contributed by atoms with van der Waals surface area (Å²) in [6.45, 7) is 1.72. The highest BCUT2D eigenvalue weighted by Crippen LogP contribution is 2.34. The van der Waals surface area contributed by atoms with Gasteiger partial charge in [-0.2, -0.15) is 13.2 Å². The molecule has 2 aromatic rings. The van der Waals surface area contributed by atoms with Gasteiger partial charge in [-0.3, -0.25) is 4.79 Å². The Hall–Kier alpha value is -2.35. The molecule has 0 aliphatic carbocycles. The number of nitrogens with one attached hydrogen (secondary N) is 1. The van der Waals surface area contributed by atoms with Crippen molar-refractivity contribution in [3.8, 4) is 0 Å². The molecule has 150 valence electrons. The Balaban J connectivity index is 1.52. The van der Waals surface area contributed by atoms with Crippen LogP contribution in [0.25, 0.3) is 0 Å². The van der Waals surface area contributed by atoms with Gasteiger partial charge in [-0.05, 0) is 30.9 Å². The molecule has 1 saturated heterocycles. The molecule has 8 heteroatoms. The summed E-state index contributed by atoms with van der Waals surface area (Å²) in [5, 5.41) is 3.03. The van der Waals surface area contributed by atoms with Crippen molar-refractivity contribution in [2.75, 3.05) is 13.2 Å². The van der Waals surface area contributed by atoms with Gasteiger partial charge in [-0.1, -0.05) is 18.2 Å². The standard InChI is InChI=1S/C20H22F3N3O2/c21-20(22,23)15-3-1-2-13(10-15)14-4-5-18-24-11-17(26(18)12-14)19(27)25-16-6-8-28-9-7-16/h1-3,10-11,14,16H,4-9,12H2,(H,25,27). The van der Waals surface area contributed by atoms with E-state index in [1.165, 1.54) is 12.1 Å². The van der Waals surface area contributed by atoms with Gasteiger partial charge in [0.25, 0.3) is 5.91 Å². The van der Waals surface area contributed by atoms with Crippen LogP contribution in [0.4, 0.5) is 13.2 Å². The molecule has 2 aliphatic heterocycles. The molecule has 0 bridgehead atoms. The van der Waals surface area contributed by atoms with E-state index in [2.05, 4.69) is 10.3 Å². The number of nitrogens with zero attached hydrogens (tertiary/aromatic N) is 2. The average molecular weight is 393 g/mol. The van der Waals surface area contributed by atoms with Crippen LogP contribution in [-0.4, -0.2) is 34.7 Å².